The van der Waals surface area contributed by atoms with Gasteiger partial charge < -0.3 is 5.32 Å². The third kappa shape index (κ3) is 5.30. The van der Waals surface area contributed by atoms with Gasteiger partial charge in [0.1, 0.15) is 12.7 Å². The Bertz CT molecular complexity index is 898. The van der Waals surface area contributed by atoms with Gasteiger partial charge >= 0.3 is 6.18 Å². The van der Waals surface area contributed by atoms with Crippen molar-refractivity contribution < 1.29 is 18.0 Å². The van der Waals surface area contributed by atoms with Gasteiger partial charge in [-0.25, -0.2) is 14.6 Å². The number of rotatable bonds is 6. The van der Waals surface area contributed by atoms with Crippen LogP contribution < -0.4 is 5.32 Å². The van der Waals surface area contributed by atoms with E-state index in [-0.39, 0.29) is 11.7 Å². The number of nitrogens with zero attached hydrogens (tertiary/aromatic N) is 4. The Kier molecular flexibility index (Phi) is 5.75. The van der Waals surface area contributed by atoms with E-state index in [2.05, 4.69) is 20.4 Å². The molecule has 0 saturated heterocycles. The van der Waals surface area contributed by atoms with Gasteiger partial charge in [-0.2, -0.15) is 18.3 Å². The van der Waals surface area contributed by atoms with Crippen LogP contribution in [0.25, 0.3) is 0 Å². The summed E-state index contributed by atoms with van der Waals surface area (Å²) in [5, 5.41) is 7.17. The molecule has 0 atom stereocenters. The van der Waals surface area contributed by atoms with E-state index in [4.69, 9.17) is 0 Å². The summed E-state index contributed by atoms with van der Waals surface area (Å²) in [5.74, 6) is -0.261. The molecule has 140 valence electrons. The van der Waals surface area contributed by atoms with Gasteiger partial charge in [0.15, 0.2) is 0 Å². The molecule has 0 spiro atoms. The van der Waals surface area contributed by atoms with E-state index < -0.39 is 11.7 Å². The molecule has 1 N–H and O–H groups in total. The number of aromatic nitrogens is 4. The van der Waals surface area contributed by atoms with Gasteiger partial charge in [0.25, 0.3) is 0 Å². The summed E-state index contributed by atoms with van der Waals surface area (Å²) in [7, 11) is 0. The molecule has 10 heteroatoms. The lowest BCUT2D eigenvalue weighted by Gasteiger charge is -2.11. The second-order valence-electron chi connectivity index (χ2n) is 5.47. The van der Waals surface area contributed by atoms with Gasteiger partial charge in [0.2, 0.25) is 5.91 Å². The minimum Gasteiger partial charge on any atom is -0.325 e. The Hall–Kier alpha value is -2.88. The van der Waals surface area contributed by atoms with Crippen LogP contribution in [0, 0.1) is 0 Å². The number of amides is 1. The van der Waals surface area contributed by atoms with E-state index in [0.29, 0.717) is 17.3 Å². The number of carbonyl (C=O) groups is 1. The third-order valence-electron chi connectivity index (χ3n) is 3.51. The number of anilines is 1. The predicted octanol–water partition coefficient (Wildman–Crippen LogP) is 3.47. The van der Waals surface area contributed by atoms with Crippen molar-refractivity contribution in [1.29, 1.82) is 0 Å². The topological polar surface area (TPSA) is 72.7 Å². The monoisotopic (exact) mass is 393 g/mol. The predicted molar refractivity (Wildman–Crippen MR) is 94.2 cm³/mol. The van der Waals surface area contributed by atoms with Crippen LogP contribution in [0.15, 0.2) is 60.3 Å². The summed E-state index contributed by atoms with van der Waals surface area (Å²) in [6.07, 6.45) is -0.672. The van der Waals surface area contributed by atoms with Gasteiger partial charge in [0, 0.05) is 11.9 Å². The second kappa shape index (κ2) is 8.21. The fraction of sp³-hybridized carbons (Fsp3) is 0.176. The maximum Gasteiger partial charge on any atom is 0.417 e. The van der Waals surface area contributed by atoms with E-state index in [9.17, 15) is 18.0 Å². The molecule has 0 bridgehead atoms. The molecule has 2 heterocycles. The first kappa shape index (κ1) is 18.9. The summed E-state index contributed by atoms with van der Waals surface area (Å²) >= 11 is 1.06. The molecule has 0 aliphatic carbocycles. The van der Waals surface area contributed by atoms with Crippen LogP contribution in [0.1, 0.15) is 11.1 Å². The standard InChI is InChI=1S/C17H14F3N5OS/c18-17(19,20)13-5-6-16(22-7-13)27-9-15(26)24-14-4-2-1-3-12(14)8-25-11-21-10-23-25/h1-7,10-11H,8-9H2,(H,24,26). The van der Waals surface area contributed by atoms with Crippen molar-refractivity contribution in [2.75, 3.05) is 11.1 Å². The van der Waals surface area contributed by atoms with E-state index >= 15 is 0 Å². The van der Waals surface area contributed by atoms with Gasteiger partial charge in [-0.15, -0.1) is 0 Å². The van der Waals surface area contributed by atoms with E-state index in [1.807, 2.05) is 12.1 Å². The SMILES string of the molecule is O=C(CSc1ccc(C(F)(F)F)cn1)Nc1ccccc1Cn1cncn1. The number of halogens is 3. The molecular weight excluding hydrogens is 379 g/mol. The van der Waals surface area contributed by atoms with Crippen LogP contribution in [0.4, 0.5) is 18.9 Å². The first-order chi connectivity index (χ1) is 12.9. The molecule has 0 radical (unpaired) electrons. The number of thioether (sulfide) groups is 1. The number of alkyl halides is 3. The normalized spacial score (nSPS) is 11.4. The molecular formula is C17H14F3N5OS. The fourth-order valence-corrected chi connectivity index (χ4v) is 2.87. The molecule has 1 aromatic carbocycles. The van der Waals surface area contributed by atoms with Crippen molar-refractivity contribution >= 4 is 23.4 Å². The molecule has 0 aliphatic heterocycles. The lowest BCUT2D eigenvalue weighted by atomic mass is 10.2. The highest BCUT2D eigenvalue weighted by atomic mass is 32.2. The average Bonchev–Trinajstić information content (AvgIpc) is 3.14. The van der Waals surface area contributed by atoms with Crippen molar-refractivity contribution in [3.63, 3.8) is 0 Å². The Balaban J connectivity index is 1.58. The van der Waals surface area contributed by atoms with Gasteiger partial charge in [-0.05, 0) is 23.8 Å². The molecule has 1 amide bonds. The number of pyridine rings is 1. The van der Waals surface area contributed by atoms with Crippen molar-refractivity contribution in [3.05, 3.63) is 66.4 Å². The highest BCUT2D eigenvalue weighted by Crippen LogP contribution is 2.29. The maximum absolute atomic E-state index is 12.5. The Morgan fingerprint density at radius 1 is 1.19 bits per heavy atom. The van der Waals surface area contributed by atoms with Gasteiger partial charge in [0.05, 0.1) is 22.9 Å². The summed E-state index contributed by atoms with van der Waals surface area (Å²) in [4.78, 5) is 19.8. The lowest BCUT2D eigenvalue weighted by Crippen LogP contribution is -2.16. The molecule has 3 rings (SSSR count). The van der Waals surface area contributed by atoms with Crippen LogP contribution in [-0.4, -0.2) is 31.4 Å². The van der Waals surface area contributed by atoms with Crippen LogP contribution in [-0.2, 0) is 17.5 Å². The Morgan fingerprint density at radius 2 is 2.00 bits per heavy atom. The maximum atomic E-state index is 12.5. The largest absolute Gasteiger partial charge is 0.417 e. The Morgan fingerprint density at radius 3 is 2.67 bits per heavy atom. The number of nitrogens with one attached hydrogen (secondary N) is 1. The molecule has 3 aromatic rings. The summed E-state index contributed by atoms with van der Waals surface area (Å²) in [6, 6.07) is 9.47. The van der Waals surface area contributed by atoms with Gasteiger partial charge in [-0.1, -0.05) is 30.0 Å². The van der Waals surface area contributed by atoms with Crippen molar-refractivity contribution in [1.82, 2.24) is 19.7 Å². The number of para-hydroxylation sites is 1. The number of benzene rings is 1. The zero-order valence-corrected chi connectivity index (χ0v) is 14.7. The number of carbonyl (C=O) groups excluding carboxylic acids is 1. The van der Waals surface area contributed by atoms with E-state index in [0.717, 1.165) is 29.6 Å². The Labute approximate surface area is 156 Å². The molecule has 0 unspecified atom stereocenters. The smallest absolute Gasteiger partial charge is 0.325 e. The minimum atomic E-state index is -4.43. The number of hydrogen-bond donors (Lipinski definition) is 1. The van der Waals surface area contributed by atoms with Crippen molar-refractivity contribution in [2.24, 2.45) is 0 Å². The quantitative estimate of drug-likeness (QED) is 0.650. The van der Waals surface area contributed by atoms with E-state index in [1.165, 1.54) is 12.4 Å². The van der Waals surface area contributed by atoms with Crippen LogP contribution in [0.2, 0.25) is 0 Å². The molecule has 27 heavy (non-hydrogen) atoms. The summed E-state index contributed by atoms with van der Waals surface area (Å²) in [6.45, 7) is 0.448. The van der Waals surface area contributed by atoms with Crippen molar-refractivity contribution in [2.45, 2.75) is 17.7 Å². The first-order valence-electron chi connectivity index (χ1n) is 7.78. The molecule has 0 aliphatic rings. The second-order valence-corrected chi connectivity index (χ2v) is 6.47. The average molecular weight is 393 g/mol. The highest BCUT2D eigenvalue weighted by molar-refractivity contribution is 7.99. The van der Waals surface area contributed by atoms with Gasteiger partial charge in [-0.3, -0.25) is 4.79 Å². The van der Waals surface area contributed by atoms with Crippen LogP contribution in [0.3, 0.4) is 0 Å². The zero-order valence-electron chi connectivity index (χ0n) is 13.8. The molecule has 0 saturated carbocycles. The van der Waals surface area contributed by atoms with Crippen molar-refractivity contribution in [3.8, 4) is 0 Å². The summed E-state index contributed by atoms with van der Waals surface area (Å²) < 4.78 is 39.2. The van der Waals surface area contributed by atoms with E-state index in [1.54, 1.807) is 23.1 Å². The highest BCUT2D eigenvalue weighted by Gasteiger charge is 2.30. The van der Waals surface area contributed by atoms with Crippen LogP contribution >= 0.6 is 11.8 Å². The molecule has 6 nitrogen and oxygen atoms in total. The third-order valence-corrected chi connectivity index (χ3v) is 4.45. The minimum absolute atomic E-state index is 0.0238. The zero-order chi connectivity index (χ0) is 19.3. The first-order valence-corrected chi connectivity index (χ1v) is 8.76. The molecule has 2 aromatic heterocycles. The number of hydrogen-bond acceptors (Lipinski definition) is 5. The molecule has 0 fully saturated rings. The van der Waals surface area contributed by atoms with Crippen LogP contribution in [0.5, 0.6) is 0 Å². The lowest BCUT2D eigenvalue weighted by molar-refractivity contribution is -0.137. The fourth-order valence-electron chi connectivity index (χ4n) is 2.23. The summed E-state index contributed by atoms with van der Waals surface area (Å²) in [5.41, 5.74) is 0.673.